The fourth-order valence-corrected chi connectivity index (χ4v) is 9.25. The van der Waals surface area contributed by atoms with Gasteiger partial charge in [0, 0.05) is 51.8 Å². The third-order valence-electron chi connectivity index (χ3n) is 8.80. The van der Waals surface area contributed by atoms with Crippen LogP contribution < -0.4 is 10.6 Å². The topological polar surface area (TPSA) is 177 Å². The van der Waals surface area contributed by atoms with E-state index in [4.69, 9.17) is 31.8 Å². The molecular weight excluding hydrogens is 747 g/mol. The molecule has 3 N–H and O–H groups in total. The Balaban J connectivity index is 4.71. The molecule has 0 heterocycles. The fraction of sp³-hybridized carbons (Fsp3) is 0.923. The molecule has 0 aromatic heterocycles. The first-order valence-electron chi connectivity index (χ1n) is 21.5. The highest BCUT2D eigenvalue weighted by Gasteiger charge is 2.39. The lowest BCUT2D eigenvalue weighted by molar-refractivity contribution is -0.161. The lowest BCUT2D eigenvalue weighted by Crippen LogP contribution is -2.46. The van der Waals surface area contributed by atoms with E-state index in [1.807, 2.05) is 20.8 Å². The van der Waals surface area contributed by atoms with Crippen LogP contribution in [0.3, 0.4) is 0 Å². The van der Waals surface area contributed by atoms with Crippen LogP contribution in [0.1, 0.15) is 169 Å². The minimum atomic E-state index is -4.58. The van der Waals surface area contributed by atoms with Gasteiger partial charge < -0.3 is 38.3 Å². The van der Waals surface area contributed by atoms with Gasteiger partial charge in [-0.1, -0.05) is 117 Å². The van der Waals surface area contributed by atoms with Gasteiger partial charge in [-0.15, -0.1) is 0 Å². The number of phosphoric acid groups is 1. The Hall–Kier alpha value is -1.58. The average molecular weight is 827 g/mol. The lowest BCUT2D eigenvalue weighted by Gasteiger charge is -2.28. The number of ether oxygens (including phenoxy) is 2. The quantitative estimate of drug-likeness (QED) is 0.0231. The van der Waals surface area contributed by atoms with E-state index >= 15 is 0 Å². The number of urea groups is 1. The maximum Gasteiger partial charge on any atom is 0.500 e. The van der Waals surface area contributed by atoms with E-state index in [1.54, 1.807) is 0 Å². The molecule has 14 nitrogen and oxygen atoms in total. The molecule has 0 aliphatic heterocycles. The molecule has 0 fully saturated rings. The van der Waals surface area contributed by atoms with Crippen molar-refractivity contribution in [3.05, 3.63) is 0 Å². The van der Waals surface area contributed by atoms with Crippen LogP contribution >= 0.6 is 7.82 Å². The zero-order valence-electron chi connectivity index (χ0n) is 35.2. The molecule has 0 bridgehead atoms. The molecule has 0 radical (unpaired) electrons. The van der Waals surface area contributed by atoms with Crippen molar-refractivity contribution in [3.63, 3.8) is 0 Å². The summed E-state index contributed by atoms with van der Waals surface area (Å²) in [5.74, 6) is -0.910. The van der Waals surface area contributed by atoms with Gasteiger partial charge in [0.15, 0.2) is 6.10 Å². The predicted octanol–water partition coefficient (Wildman–Crippen LogP) is 9.15. The highest BCUT2D eigenvalue weighted by Crippen LogP contribution is 2.43. The molecule has 0 spiro atoms. The van der Waals surface area contributed by atoms with Gasteiger partial charge in [-0.25, -0.2) is 9.36 Å². The Labute approximate surface area is 334 Å². The molecule has 2 unspecified atom stereocenters. The summed E-state index contributed by atoms with van der Waals surface area (Å²) in [5, 5.41) is 5.28. The summed E-state index contributed by atoms with van der Waals surface area (Å²) in [4.78, 5) is 47.6. The van der Waals surface area contributed by atoms with Crippen LogP contribution in [0.25, 0.3) is 0 Å². The maximum absolute atomic E-state index is 12.6. The molecule has 2 atom stereocenters. The van der Waals surface area contributed by atoms with Crippen molar-refractivity contribution in [2.24, 2.45) is 0 Å². The first-order valence-corrected chi connectivity index (χ1v) is 24.9. The first-order chi connectivity index (χ1) is 26.6. The molecule has 2 amide bonds. The summed E-state index contributed by atoms with van der Waals surface area (Å²) >= 11 is 0. The molecule has 0 aliphatic rings. The van der Waals surface area contributed by atoms with Gasteiger partial charge in [-0.3, -0.25) is 18.6 Å². The summed E-state index contributed by atoms with van der Waals surface area (Å²) in [6.45, 7) is 10.6. The molecule has 55 heavy (non-hydrogen) atoms. The maximum atomic E-state index is 12.6. The summed E-state index contributed by atoms with van der Waals surface area (Å²) in [5.41, 5.74) is 0. The SMILES string of the molecule is CCCCCCCCCCCC(=O)OCC(COP(=O)(O)OCCNC(=O)NCCC[Si](OCC)(OCC)OCC)OC(=O)CCCCCCCCCCC. The summed E-state index contributed by atoms with van der Waals surface area (Å²) in [6.07, 6.45) is 20.0. The molecular formula is C39H79N2O12PSi. The Bertz CT molecular complexity index is 979. The standard InChI is InChI=1S/C39H79N2O12PSi/c1-6-11-13-15-17-19-21-23-25-28-37(42)47-34-36(53-38(43)29-26-24-22-20-18-16-14-12-7-2)35-49-54(45,46)48-32-31-41-39(44)40-30-27-33-55(50-8-3,51-9-4)52-10-5/h36H,6-35H2,1-5H3,(H,45,46)(H2,40,41,44). The first kappa shape index (κ1) is 53.4. The van der Waals surface area contributed by atoms with Gasteiger partial charge in [-0.05, 0) is 40.0 Å². The molecule has 326 valence electrons. The van der Waals surface area contributed by atoms with Crippen molar-refractivity contribution >= 4 is 34.6 Å². The molecule has 0 aromatic rings. The van der Waals surface area contributed by atoms with Crippen molar-refractivity contribution in [1.82, 2.24) is 10.6 Å². The molecule has 0 aromatic carbocycles. The van der Waals surface area contributed by atoms with Gasteiger partial charge in [0.2, 0.25) is 0 Å². The van der Waals surface area contributed by atoms with Crippen molar-refractivity contribution in [1.29, 1.82) is 0 Å². The normalized spacial score (nSPS) is 13.3. The van der Waals surface area contributed by atoms with Gasteiger partial charge in [0.25, 0.3) is 0 Å². The number of phosphoric ester groups is 1. The van der Waals surface area contributed by atoms with Gasteiger partial charge in [-0.2, -0.15) is 0 Å². The number of esters is 2. The Kier molecular flexibility index (Phi) is 35.7. The van der Waals surface area contributed by atoms with Gasteiger partial charge >= 0.3 is 34.6 Å². The minimum absolute atomic E-state index is 0.0666. The highest BCUT2D eigenvalue weighted by atomic mass is 31.2. The number of carbonyl (C=O) groups is 3. The molecule has 0 rings (SSSR count). The van der Waals surface area contributed by atoms with E-state index in [-0.39, 0.29) is 32.6 Å². The summed E-state index contributed by atoms with van der Waals surface area (Å²) < 4.78 is 51.1. The average Bonchev–Trinajstić information content (AvgIpc) is 3.15. The van der Waals surface area contributed by atoms with Crippen LogP contribution in [0.2, 0.25) is 6.04 Å². The fourth-order valence-electron chi connectivity index (χ4n) is 5.89. The van der Waals surface area contributed by atoms with Crippen LogP contribution in [0.4, 0.5) is 4.79 Å². The number of unbranched alkanes of at least 4 members (excludes halogenated alkanes) is 16. The van der Waals surface area contributed by atoms with E-state index in [1.165, 1.54) is 64.2 Å². The predicted molar refractivity (Wildman–Crippen MR) is 218 cm³/mol. The number of hydrogen-bond donors (Lipinski definition) is 3. The number of amides is 2. The van der Waals surface area contributed by atoms with Crippen molar-refractivity contribution < 1.29 is 55.6 Å². The second-order valence-corrected chi connectivity index (χ2v) is 18.0. The summed E-state index contributed by atoms with van der Waals surface area (Å²) in [7, 11) is -7.39. The van der Waals surface area contributed by atoms with E-state index in [0.717, 1.165) is 38.5 Å². The van der Waals surface area contributed by atoms with E-state index in [9.17, 15) is 23.8 Å². The van der Waals surface area contributed by atoms with Crippen molar-refractivity contribution in [2.75, 3.05) is 52.7 Å². The third kappa shape index (κ3) is 33.1. The largest absolute Gasteiger partial charge is 0.500 e. The van der Waals surface area contributed by atoms with Crippen LogP contribution in [-0.4, -0.2) is 90.5 Å². The molecule has 0 aliphatic carbocycles. The molecule has 0 saturated heterocycles. The zero-order valence-corrected chi connectivity index (χ0v) is 37.1. The van der Waals surface area contributed by atoms with E-state index in [0.29, 0.717) is 51.7 Å². The number of nitrogens with one attached hydrogen (secondary N) is 2. The summed E-state index contributed by atoms with van der Waals surface area (Å²) in [6, 6.07) is 0.0716. The van der Waals surface area contributed by atoms with Gasteiger partial charge in [0.05, 0.1) is 13.2 Å². The number of hydrogen-bond acceptors (Lipinski definition) is 11. The highest BCUT2D eigenvalue weighted by molar-refractivity contribution is 7.47. The smallest absolute Gasteiger partial charge is 0.462 e. The zero-order chi connectivity index (χ0) is 40.9. The van der Waals surface area contributed by atoms with Crippen molar-refractivity contribution in [2.45, 2.75) is 182 Å². The Morgan fingerprint density at radius 1 is 0.582 bits per heavy atom. The second-order valence-electron chi connectivity index (χ2n) is 13.8. The van der Waals surface area contributed by atoms with E-state index < -0.39 is 47.3 Å². The van der Waals surface area contributed by atoms with Crippen LogP contribution in [0.15, 0.2) is 0 Å². The Morgan fingerprint density at radius 3 is 1.53 bits per heavy atom. The van der Waals surface area contributed by atoms with E-state index in [2.05, 4.69) is 24.5 Å². The molecule has 0 saturated carbocycles. The van der Waals surface area contributed by atoms with Crippen LogP contribution in [0, 0.1) is 0 Å². The lowest BCUT2D eigenvalue weighted by atomic mass is 10.1. The van der Waals surface area contributed by atoms with Crippen LogP contribution in [-0.2, 0) is 46.0 Å². The molecule has 16 heteroatoms. The number of carbonyl (C=O) groups excluding carboxylic acids is 3. The van der Waals surface area contributed by atoms with Gasteiger partial charge in [0.1, 0.15) is 6.61 Å². The monoisotopic (exact) mass is 827 g/mol. The minimum Gasteiger partial charge on any atom is -0.462 e. The Morgan fingerprint density at radius 2 is 1.04 bits per heavy atom. The third-order valence-corrected chi connectivity index (χ3v) is 12.9. The van der Waals surface area contributed by atoms with Crippen molar-refractivity contribution in [3.8, 4) is 0 Å². The number of rotatable bonds is 40. The second kappa shape index (κ2) is 36.7. The van der Waals surface area contributed by atoms with Crippen LogP contribution in [0.5, 0.6) is 0 Å².